The van der Waals surface area contributed by atoms with Gasteiger partial charge in [-0.05, 0) is 187 Å². The molecule has 0 aliphatic rings. The number of anilines is 6. The van der Waals surface area contributed by atoms with E-state index in [1.165, 1.54) is 109 Å². The number of para-hydroxylation sites is 10. The summed E-state index contributed by atoms with van der Waals surface area (Å²) >= 11 is 0. The molecule has 0 amide bonds. The van der Waals surface area contributed by atoms with Gasteiger partial charge in [0, 0.05) is 99.2 Å². The van der Waals surface area contributed by atoms with Crippen LogP contribution in [0.15, 0.2) is 482 Å². The van der Waals surface area contributed by atoms with Crippen LogP contribution in [0.3, 0.4) is 0 Å². The molecular formula is C120H78N4O2. The van der Waals surface area contributed by atoms with Crippen LogP contribution in [0.5, 0.6) is 0 Å². The molecule has 0 N–H and O–H groups in total. The molecule has 25 rings (SSSR count). The van der Waals surface area contributed by atoms with Crippen LogP contribution in [-0.2, 0) is 0 Å². The minimum absolute atomic E-state index is 0.896. The van der Waals surface area contributed by atoms with Crippen LogP contribution < -0.4 is 9.80 Å². The summed E-state index contributed by atoms with van der Waals surface area (Å²) in [5, 5.41) is 16.8. The SMILES string of the molecule is c1cc(-c2cccc3c2oc2ccccc23)cc(N(c2ccc(-c3ccccc3-c3ccccc3-n3c4ccccc4c4ccccc43)cc2)c2cc3ccccc3c3ccccc23)c1.c1cc(-c2cccc3c2oc2ccccc23)cc(N(c2ccc(-c3ccccc3-c3ccccc3-n3c4ccccc4c4ccccc43)cc2)c2ccc3ccccc3c2)c1. The fraction of sp³-hybridized carbons (Fsp3) is 0. The summed E-state index contributed by atoms with van der Waals surface area (Å²) in [4.78, 5) is 4.78. The molecular weight excluding hydrogens is 1530 g/mol. The summed E-state index contributed by atoms with van der Waals surface area (Å²) in [6.45, 7) is 0. The number of rotatable bonds is 14. The Morgan fingerprint density at radius 3 is 0.992 bits per heavy atom. The van der Waals surface area contributed by atoms with Gasteiger partial charge in [-0.3, -0.25) is 0 Å². The van der Waals surface area contributed by atoms with Gasteiger partial charge in [0.15, 0.2) is 0 Å². The number of hydrogen-bond acceptors (Lipinski definition) is 4. The molecule has 4 aromatic heterocycles. The second kappa shape index (κ2) is 30.7. The van der Waals surface area contributed by atoms with E-state index in [1.807, 2.05) is 18.2 Å². The number of aromatic nitrogens is 2. The van der Waals surface area contributed by atoms with Crippen LogP contribution in [0.1, 0.15) is 0 Å². The van der Waals surface area contributed by atoms with Gasteiger partial charge in [0.2, 0.25) is 0 Å². The molecule has 0 atom stereocenters. The summed E-state index contributed by atoms with van der Waals surface area (Å²) in [6.07, 6.45) is 0. The van der Waals surface area contributed by atoms with Crippen LogP contribution in [0.2, 0.25) is 0 Å². The summed E-state index contributed by atoms with van der Waals surface area (Å²) in [7, 11) is 0. The van der Waals surface area contributed by atoms with Crippen molar-refractivity contribution in [3.8, 4) is 78.1 Å². The van der Waals surface area contributed by atoms with Gasteiger partial charge in [-0.15, -0.1) is 0 Å². The van der Waals surface area contributed by atoms with E-state index in [4.69, 9.17) is 8.83 Å². The number of furan rings is 2. The van der Waals surface area contributed by atoms with Gasteiger partial charge in [-0.2, -0.15) is 0 Å². The van der Waals surface area contributed by atoms with Gasteiger partial charge in [-0.25, -0.2) is 0 Å². The Balaban J connectivity index is 0.000000141. The first-order valence-electron chi connectivity index (χ1n) is 43.1. The molecule has 0 aliphatic carbocycles. The first-order chi connectivity index (χ1) is 62.5. The molecule has 6 heteroatoms. The van der Waals surface area contributed by atoms with Crippen LogP contribution in [0.25, 0.3) is 198 Å². The lowest BCUT2D eigenvalue weighted by Crippen LogP contribution is -2.11. The summed E-state index contributed by atoms with van der Waals surface area (Å²) in [6, 6.07) is 171. The Morgan fingerprint density at radius 2 is 0.500 bits per heavy atom. The number of fused-ring (bicyclic) bond motifs is 16. The molecule has 25 aromatic rings. The highest BCUT2D eigenvalue weighted by Gasteiger charge is 2.25. The van der Waals surface area contributed by atoms with E-state index in [0.29, 0.717) is 0 Å². The van der Waals surface area contributed by atoms with Crippen molar-refractivity contribution in [1.29, 1.82) is 0 Å². The van der Waals surface area contributed by atoms with Gasteiger partial charge in [0.05, 0.1) is 39.1 Å². The van der Waals surface area contributed by atoms with Gasteiger partial charge in [-0.1, -0.05) is 358 Å². The van der Waals surface area contributed by atoms with Gasteiger partial charge < -0.3 is 27.8 Å². The summed E-state index contributed by atoms with van der Waals surface area (Å²) < 4.78 is 17.9. The quantitative estimate of drug-likeness (QED) is 0.102. The van der Waals surface area contributed by atoms with Crippen molar-refractivity contribution in [3.63, 3.8) is 0 Å². The number of hydrogen-bond donors (Lipinski definition) is 0. The molecule has 6 nitrogen and oxygen atoms in total. The Kier molecular flexibility index (Phi) is 17.8. The van der Waals surface area contributed by atoms with Crippen molar-refractivity contribution in [2.75, 3.05) is 9.80 Å². The maximum absolute atomic E-state index is 6.56. The predicted octanol–water partition coefficient (Wildman–Crippen LogP) is 33.8. The maximum atomic E-state index is 6.56. The topological polar surface area (TPSA) is 42.6 Å². The number of nitrogens with zero attached hydrogens (tertiary/aromatic N) is 4. The van der Waals surface area contributed by atoms with Crippen molar-refractivity contribution in [1.82, 2.24) is 9.13 Å². The molecule has 590 valence electrons. The zero-order valence-corrected chi connectivity index (χ0v) is 68.6. The molecule has 0 bridgehead atoms. The fourth-order valence-electron chi connectivity index (χ4n) is 19.7. The standard InChI is InChI=1S/C62H40N2O.C58H38N2O/c1-2-21-47-43(17-1)40-60(52-25-6-5-23-50(47)52)63(45-19-15-18-42(39-45)48-29-16-30-56-55-28-10-14-34-61(55)65-62(48)56)44-37-35-41(36-38-44)46-20-3-4-22-49(46)51-24-7-11-31-57(51)64-58-32-12-8-26-53(58)54-27-9-13-33-59(54)64;1-2-16-41-37-45(36-31-39(41)15-1)59(44-18-13-17-42(38-44)47-25-14-26-53-52-24-8-12-30-57(52)61-58(47)53)43-34-32-40(33-35-43)46-19-3-4-20-48(46)49-21-5-9-27-54(49)60-55-28-10-6-22-50(55)51-23-7-11-29-56(51)60/h1-40H;1-38H. The van der Waals surface area contributed by atoms with Crippen molar-refractivity contribution in [2.24, 2.45) is 0 Å². The maximum Gasteiger partial charge on any atom is 0.143 e. The van der Waals surface area contributed by atoms with E-state index in [1.54, 1.807) is 0 Å². The van der Waals surface area contributed by atoms with Crippen LogP contribution in [-0.4, -0.2) is 9.13 Å². The lowest BCUT2D eigenvalue weighted by molar-refractivity contribution is 0.669. The molecule has 126 heavy (non-hydrogen) atoms. The Hall–Kier alpha value is -16.8. The second-order valence-electron chi connectivity index (χ2n) is 32.5. The highest BCUT2D eigenvalue weighted by Crippen LogP contribution is 2.49. The summed E-state index contributed by atoms with van der Waals surface area (Å²) in [5.74, 6) is 0. The predicted molar refractivity (Wildman–Crippen MR) is 531 cm³/mol. The molecule has 21 aromatic carbocycles. The lowest BCUT2D eigenvalue weighted by Gasteiger charge is -2.28. The third kappa shape index (κ3) is 12.5. The molecule has 0 aliphatic heterocycles. The average Bonchev–Trinajstić information content (AvgIpc) is 1.29. The van der Waals surface area contributed by atoms with E-state index in [-0.39, 0.29) is 0 Å². The molecule has 0 saturated heterocycles. The Labute approximate surface area is 728 Å². The van der Waals surface area contributed by atoms with Crippen molar-refractivity contribution < 1.29 is 8.83 Å². The minimum Gasteiger partial charge on any atom is -0.455 e. The van der Waals surface area contributed by atoms with Crippen LogP contribution in [0.4, 0.5) is 34.1 Å². The molecule has 0 fully saturated rings. The molecule has 4 heterocycles. The molecule has 0 unspecified atom stereocenters. The first-order valence-corrected chi connectivity index (χ1v) is 43.1. The van der Waals surface area contributed by atoms with Gasteiger partial charge in [0.1, 0.15) is 22.3 Å². The van der Waals surface area contributed by atoms with E-state index in [0.717, 1.165) is 123 Å². The molecule has 0 spiro atoms. The van der Waals surface area contributed by atoms with Gasteiger partial charge in [0.25, 0.3) is 0 Å². The molecule has 0 radical (unpaired) electrons. The summed E-state index contributed by atoms with van der Waals surface area (Å²) in [5.41, 5.74) is 30.9. The largest absolute Gasteiger partial charge is 0.455 e. The van der Waals surface area contributed by atoms with E-state index < -0.39 is 0 Å². The van der Waals surface area contributed by atoms with Gasteiger partial charge >= 0.3 is 0 Å². The normalized spacial score (nSPS) is 11.7. The van der Waals surface area contributed by atoms with E-state index >= 15 is 0 Å². The first kappa shape index (κ1) is 73.1. The zero-order valence-electron chi connectivity index (χ0n) is 68.6. The van der Waals surface area contributed by atoms with E-state index in [2.05, 4.69) is 474 Å². The highest BCUT2D eigenvalue weighted by molar-refractivity contribution is 6.17. The van der Waals surface area contributed by atoms with Crippen LogP contribution >= 0.6 is 0 Å². The number of benzene rings is 21. The smallest absolute Gasteiger partial charge is 0.143 e. The van der Waals surface area contributed by atoms with Crippen molar-refractivity contribution >= 4 is 154 Å². The van der Waals surface area contributed by atoms with Crippen molar-refractivity contribution in [2.45, 2.75) is 0 Å². The Morgan fingerprint density at radius 1 is 0.167 bits per heavy atom. The zero-order chi connectivity index (χ0) is 83.1. The Bertz CT molecular complexity index is 8470. The fourth-order valence-corrected chi connectivity index (χ4v) is 19.7. The highest BCUT2D eigenvalue weighted by atomic mass is 16.3. The second-order valence-corrected chi connectivity index (χ2v) is 32.5. The average molecular weight is 1610 g/mol. The minimum atomic E-state index is 0.896. The van der Waals surface area contributed by atoms with Crippen molar-refractivity contribution in [3.05, 3.63) is 473 Å². The molecule has 0 saturated carbocycles. The lowest BCUT2D eigenvalue weighted by atomic mass is 9.93. The third-order valence-electron chi connectivity index (χ3n) is 25.4. The van der Waals surface area contributed by atoms with Crippen LogP contribution in [0, 0.1) is 0 Å². The van der Waals surface area contributed by atoms with E-state index in [9.17, 15) is 0 Å². The monoisotopic (exact) mass is 1610 g/mol. The third-order valence-corrected chi connectivity index (χ3v) is 25.4.